The molecule has 0 unspecified atom stereocenters. The maximum Gasteiger partial charge on any atom is 0.267 e. The smallest absolute Gasteiger partial charge is 0.267 e. The topological polar surface area (TPSA) is 103 Å². The summed E-state index contributed by atoms with van der Waals surface area (Å²) in [4.78, 5) is 18.3. The lowest BCUT2D eigenvalue weighted by molar-refractivity contribution is 0.416. The second-order valence-electron chi connectivity index (χ2n) is 7.77. The first kappa shape index (κ1) is 23.3. The Labute approximate surface area is 211 Å². The minimum absolute atomic E-state index is 0.196. The molecule has 0 aliphatic rings. The van der Waals surface area contributed by atoms with Crippen molar-refractivity contribution in [2.75, 3.05) is 24.9 Å². The van der Waals surface area contributed by atoms with Crippen molar-refractivity contribution in [3.05, 3.63) is 94.0 Å². The number of methoxy groups -OCH3 is 2. The van der Waals surface area contributed by atoms with E-state index in [1.807, 2.05) is 66.7 Å². The van der Waals surface area contributed by atoms with Gasteiger partial charge in [-0.25, -0.2) is 9.55 Å². The molecule has 2 aromatic heterocycles. The average Bonchev–Trinajstić information content (AvgIpc) is 3.39. The van der Waals surface area contributed by atoms with Crippen LogP contribution in [0, 0.1) is 0 Å². The van der Waals surface area contributed by atoms with Gasteiger partial charge in [0.1, 0.15) is 22.3 Å². The number of anilines is 2. The molecule has 36 heavy (non-hydrogen) atoms. The summed E-state index contributed by atoms with van der Waals surface area (Å²) in [5.41, 5.74) is 2.08. The van der Waals surface area contributed by atoms with Crippen molar-refractivity contribution >= 4 is 33.6 Å². The molecule has 0 bridgehead atoms. The second kappa shape index (κ2) is 10.4. The van der Waals surface area contributed by atoms with Gasteiger partial charge < -0.3 is 20.1 Å². The van der Waals surface area contributed by atoms with E-state index in [0.29, 0.717) is 34.2 Å². The van der Waals surface area contributed by atoms with Gasteiger partial charge in [-0.3, -0.25) is 4.79 Å². The van der Waals surface area contributed by atoms with Crippen LogP contribution in [0.3, 0.4) is 0 Å². The highest BCUT2D eigenvalue weighted by Crippen LogP contribution is 2.26. The Bertz CT molecular complexity index is 1570. The van der Waals surface area contributed by atoms with Crippen LogP contribution in [-0.2, 0) is 13.1 Å². The summed E-state index contributed by atoms with van der Waals surface area (Å²) in [7, 11) is 3.25. The summed E-state index contributed by atoms with van der Waals surface area (Å²) in [6.07, 6.45) is 0. The van der Waals surface area contributed by atoms with Crippen LogP contribution in [0.5, 0.6) is 11.5 Å². The van der Waals surface area contributed by atoms with Crippen molar-refractivity contribution in [2.24, 2.45) is 0 Å². The van der Waals surface area contributed by atoms with Crippen LogP contribution in [0.2, 0.25) is 0 Å². The zero-order valence-electron chi connectivity index (χ0n) is 19.8. The molecule has 3 aromatic carbocycles. The molecule has 5 aromatic rings. The van der Waals surface area contributed by atoms with Gasteiger partial charge in [-0.2, -0.15) is 0 Å². The van der Waals surface area contributed by atoms with E-state index in [0.717, 1.165) is 22.1 Å². The molecule has 9 nitrogen and oxygen atoms in total. The van der Waals surface area contributed by atoms with E-state index in [2.05, 4.69) is 20.8 Å². The Morgan fingerprint density at radius 3 is 2.11 bits per heavy atom. The highest BCUT2D eigenvalue weighted by atomic mass is 32.1. The van der Waals surface area contributed by atoms with Crippen LogP contribution in [0.25, 0.3) is 16.0 Å². The molecule has 0 radical (unpaired) electrons. The number of rotatable bonds is 9. The summed E-state index contributed by atoms with van der Waals surface area (Å²) in [5, 5.41) is 17.0. The standard InChI is InChI=1S/C26H24N6O3S/c1-34-21-13-7-5-11-19(21)27-15-23-29-18-10-4-3-9-17(18)25(33)32(23)26-31-30-24(36-26)16-28-20-12-6-8-14-22(20)35-2/h3-14,27-28H,15-16H2,1-2H3. The molecular weight excluding hydrogens is 476 g/mol. The quantitative estimate of drug-likeness (QED) is 0.305. The third-order valence-corrected chi connectivity index (χ3v) is 6.48. The number of benzene rings is 3. The minimum Gasteiger partial charge on any atom is -0.495 e. The lowest BCUT2D eigenvalue weighted by Gasteiger charge is -2.14. The van der Waals surface area contributed by atoms with Gasteiger partial charge in [0.25, 0.3) is 5.56 Å². The van der Waals surface area contributed by atoms with E-state index >= 15 is 0 Å². The Balaban J connectivity index is 1.47. The Morgan fingerprint density at radius 1 is 0.806 bits per heavy atom. The van der Waals surface area contributed by atoms with Crippen LogP contribution < -0.4 is 25.7 Å². The summed E-state index contributed by atoms with van der Waals surface area (Å²) in [6, 6.07) is 22.5. The van der Waals surface area contributed by atoms with Gasteiger partial charge >= 0.3 is 0 Å². The molecule has 0 spiro atoms. The van der Waals surface area contributed by atoms with Crippen LogP contribution in [0.15, 0.2) is 77.6 Å². The molecule has 0 saturated heterocycles. The van der Waals surface area contributed by atoms with Crippen molar-refractivity contribution in [1.82, 2.24) is 19.7 Å². The molecule has 0 atom stereocenters. The highest BCUT2D eigenvalue weighted by molar-refractivity contribution is 7.13. The van der Waals surface area contributed by atoms with Crippen molar-refractivity contribution < 1.29 is 9.47 Å². The molecule has 2 heterocycles. The number of hydrogen-bond acceptors (Lipinski definition) is 9. The summed E-state index contributed by atoms with van der Waals surface area (Å²) >= 11 is 1.33. The van der Waals surface area contributed by atoms with Crippen LogP contribution in [0.4, 0.5) is 11.4 Å². The lowest BCUT2D eigenvalue weighted by Crippen LogP contribution is -2.25. The normalized spacial score (nSPS) is 10.8. The predicted molar refractivity (Wildman–Crippen MR) is 141 cm³/mol. The lowest BCUT2D eigenvalue weighted by atomic mass is 10.2. The largest absolute Gasteiger partial charge is 0.495 e. The number of ether oxygens (including phenoxy) is 2. The van der Waals surface area contributed by atoms with Gasteiger partial charge in [0.2, 0.25) is 5.13 Å². The van der Waals surface area contributed by atoms with E-state index in [9.17, 15) is 4.79 Å². The van der Waals surface area contributed by atoms with Gasteiger partial charge in [-0.15, -0.1) is 10.2 Å². The molecular formula is C26H24N6O3S. The fourth-order valence-corrected chi connectivity index (χ4v) is 4.63. The van der Waals surface area contributed by atoms with E-state index in [1.165, 1.54) is 15.9 Å². The molecule has 0 aliphatic carbocycles. The van der Waals surface area contributed by atoms with Crippen molar-refractivity contribution in [1.29, 1.82) is 0 Å². The Hall–Kier alpha value is -4.44. The second-order valence-corrected chi connectivity index (χ2v) is 8.81. The van der Waals surface area contributed by atoms with Gasteiger partial charge in [0.15, 0.2) is 0 Å². The van der Waals surface area contributed by atoms with Crippen LogP contribution >= 0.6 is 11.3 Å². The third kappa shape index (κ3) is 4.71. The predicted octanol–water partition coefficient (Wildman–Crippen LogP) is 4.48. The van der Waals surface area contributed by atoms with Crippen molar-refractivity contribution in [3.63, 3.8) is 0 Å². The summed E-state index contributed by atoms with van der Waals surface area (Å²) in [6.45, 7) is 0.720. The average molecular weight is 501 g/mol. The molecule has 0 aliphatic heterocycles. The number of hydrogen-bond donors (Lipinski definition) is 2. The van der Waals surface area contributed by atoms with E-state index in [4.69, 9.17) is 14.5 Å². The minimum atomic E-state index is -0.196. The number of para-hydroxylation sites is 5. The molecule has 0 saturated carbocycles. The molecule has 2 N–H and O–H groups in total. The Kier molecular flexibility index (Phi) is 6.76. The van der Waals surface area contributed by atoms with Gasteiger partial charge in [0.05, 0.1) is 49.6 Å². The van der Waals surface area contributed by atoms with E-state index in [1.54, 1.807) is 20.3 Å². The zero-order valence-corrected chi connectivity index (χ0v) is 20.6. The molecule has 0 fully saturated rings. The SMILES string of the molecule is COc1ccccc1NCc1nnc(-n2c(CNc3ccccc3OC)nc3ccccc3c2=O)s1. The first-order valence-electron chi connectivity index (χ1n) is 11.2. The number of fused-ring (bicyclic) bond motifs is 1. The molecule has 0 amide bonds. The summed E-state index contributed by atoms with van der Waals surface area (Å²) in [5.74, 6) is 1.96. The number of nitrogens with zero attached hydrogens (tertiary/aromatic N) is 4. The van der Waals surface area contributed by atoms with Crippen LogP contribution in [-0.4, -0.2) is 34.0 Å². The monoisotopic (exact) mass is 500 g/mol. The first-order chi connectivity index (χ1) is 17.7. The molecule has 10 heteroatoms. The Morgan fingerprint density at radius 2 is 1.42 bits per heavy atom. The van der Waals surface area contributed by atoms with Crippen molar-refractivity contribution in [2.45, 2.75) is 13.1 Å². The highest BCUT2D eigenvalue weighted by Gasteiger charge is 2.17. The molecule has 182 valence electrons. The summed E-state index contributed by atoms with van der Waals surface area (Å²) < 4.78 is 12.4. The van der Waals surface area contributed by atoms with Gasteiger partial charge in [0, 0.05) is 0 Å². The molecule has 5 rings (SSSR count). The first-order valence-corrected chi connectivity index (χ1v) is 12.1. The maximum absolute atomic E-state index is 13.5. The number of nitrogens with one attached hydrogen (secondary N) is 2. The number of aromatic nitrogens is 4. The maximum atomic E-state index is 13.5. The van der Waals surface area contributed by atoms with Crippen LogP contribution in [0.1, 0.15) is 10.8 Å². The van der Waals surface area contributed by atoms with Crippen molar-refractivity contribution in [3.8, 4) is 16.6 Å². The third-order valence-electron chi connectivity index (χ3n) is 5.57. The van der Waals surface area contributed by atoms with E-state index < -0.39 is 0 Å². The fraction of sp³-hybridized carbons (Fsp3) is 0.154. The van der Waals surface area contributed by atoms with Gasteiger partial charge in [-0.1, -0.05) is 47.7 Å². The fourth-order valence-electron chi connectivity index (χ4n) is 3.83. The van der Waals surface area contributed by atoms with Gasteiger partial charge in [-0.05, 0) is 36.4 Å². The van der Waals surface area contributed by atoms with E-state index in [-0.39, 0.29) is 12.1 Å². The zero-order chi connectivity index (χ0) is 24.9.